The number of hydrogen-bond donors (Lipinski definition) is 0. The summed E-state index contributed by atoms with van der Waals surface area (Å²) < 4.78 is 4.05. The molecule has 0 aliphatic heterocycles. The number of aryl methyl sites for hydroxylation is 2. The molecule has 0 amide bonds. The molecule has 0 nitrogen and oxygen atoms in total. The molecular weight excluding hydrogens is 689 g/mol. The molecule has 0 N–H and O–H groups in total. The van der Waals surface area contributed by atoms with E-state index in [1.165, 1.54) is 118 Å². The first kappa shape index (κ1) is 31.7. The van der Waals surface area contributed by atoms with Gasteiger partial charge in [-0.25, -0.2) is 0 Å². The van der Waals surface area contributed by atoms with Gasteiger partial charge in [-0.2, -0.15) is 0 Å². The van der Waals surface area contributed by atoms with Gasteiger partial charge in [-0.3, -0.25) is 0 Å². The number of allylic oxidation sites excluding steroid dienone is 2. The van der Waals surface area contributed by atoms with Crippen molar-refractivity contribution < 1.29 is 0 Å². The molecule has 256 valence electrons. The molecule has 2 heteroatoms. The zero-order valence-electron chi connectivity index (χ0n) is 30.2. The number of thiophene rings is 2. The minimum absolute atomic E-state index is 1.10. The molecular formula is C52H36S2. The van der Waals surface area contributed by atoms with Crippen LogP contribution in [0.1, 0.15) is 34.9 Å². The van der Waals surface area contributed by atoms with Gasteiger partial charge in [0.25, 0.3) is 0 Å². The first-order chi connectivity index (χ1) is 26.6. The molecule has 8 aromatic carbocycles. The summed E-state index contributed by atoms with van der Waals surface area (Å²) in [5.41, 5.74) is 11.8. The van der Waals surface area contributed by atoms with E-state index in [0.29, 0.717) is 0 Å². The van der Waals surface area contributed by atoms with Crippen LogP contribution in [0.25, 0.3) is 108 Å². The SMILES string of the molecule is C/C=C\c1c(C)sc2cc3c(ccc4sc5cc(-c6ccc(-c7c8ccccc8c(-c8ccc9c(c8)CCC=C9)c8ccccc78)cc6)ccc5c43)cc12. The van der Waals surface area contributed by atoms with Gasteiger partial charge in [-0.05, 0) is 133 Å². The van der Waals surface area contributed by atoms with E-state index in [1.807, 2.05) is 22.7 Å². The summed E-state index contributed by atoms with van der Waals surface area (Å²) in [6, 6.07) is 50.8. The Morgan fingerprint density at radius 3 is 1.93 bits per heavy atom. The zero-order valence-corrected chi connectivity index (χ0v) is 31.9. The van der Waals surface area contributed by atoms with Crippen LogP contribution in [0.3, 0.4) is 0 Å². The highest BCUT2D eigenvalue weighted by atomic mass is 32.1. The van der Waals surface area contributed by atoms with E-state index in [-0.39, 0.29) is 0 Å². The van der Waals surface area contributed by atoms with Crippen LogP contribution in [0, 0.1) is 6.92 Å². The van der Waals surface area contributed by atoms with Crippen LogP contribution >= 0.6 is 22.7 Å². The number of fused-ring (bicyclic) bond motifs is 9. The predicted molar refractivity (Wildman–Crippen MR) is 240 cm³/mol. The second-order valence-electron chi connectivity index (χ2n) is 14.7. The lowest BCUT2D eigenvalue weighted by molar-refractivity contribution is 0.986. The summed E-state index contributed by atoms with van der Waals surface area (Å²) in [5, 5.41) is 11.9. The highest BCUT2D eigenvalue weighted by Crippen LogP contribution is 2.46. The quantitative estimate of drug-likeness (QED) is 0.159. The van der Waals surface area contributed by atoms with Gasteiger partial charge < -0.3 is 0 Å². The molecule has 10 aromatic rings. The summed E-state index contributed by atoms with van der Waals surface area (Å²) in [7, 11) is 0. The molecule has 0 unspecified atom stereocenters. The Morgan fingerprint density at radius 2 is 1.19 bits per heavy atom. The largest absolute Gasteiger partial charge is 0.140 e. The molecule has 54 heavy (non-hydrogen) atoms. The van der Waals surface area contributed by atoms with Crippen LogP contribution in [0.4, 0.5) is 0 Å². The van der Waals surface area contributed by atoms with Crippen molar-refractivity contribution >= 4 is 97.4 Å². The fourth-order valence-corrected chi connectivity index (χ4v) is 11.3. The third kappa shape index (κ3) is 4.87. The normalized spacial score (nSPS) is 13.1. The first-order valence-electron chi connectivity index (χ1n) is 18.9. The van der Waals surface area contributed by atoms with Crippen molar-refractivity contribution in [1.82, 2.24) is 0 Å². The highest BCUT2D eigenvalue weighted by Gasteiger charge is 2.18. The Morgan fingerprint density at radius 1 is 0.519 bits per heavy atom. The Hall–Kier alpha value is -5.80. The average Bonchev–Trinajstić information content (AvgIpc) is 3.74. The van der Waals surface area contributed by atoms with Crippen molar-refractivity contribution in [2.75, 3.05) is 0 Å². The van der Waals surface area contributed by atoms with Gasteiger partial charge in [0, 0.05) is 35.1 Å². The monoisotopic (exact) mass is 724 g/mol. The Kier molecular flexibility index (Phi) is 7.27. The third-order valence-corrected chi connectivity index (χ3v) is 13.8. The number of rotatable bonds is 4. The zero-order chi connectivity index (χ0) is 35.9. The Labute approximate surface area is 323 Å². The van der Waals surface area contributed by atoms with E-state index in [1.54, 1.807) is 0 Å². The first-order valence-corrected chi connectivity index (χ1v) is 20.6. The van der Waals surface area contributed by atoms with Gasteiger partial charge in [0.15, 0.2) is 0 Å². The molecule has 2 heterocycles. The van der Waals surface area contributed by atoms with Crippen LogP contribution in [-0.4, -0.2) is 0 Å². The molecule has 1 aliphatic rings. The maximum atomic E-state index is 2.43. The summed E-state index contributed by atoms with van der Waals surface area (Å²) >= 11 is 3.81. The van der Waals surface area contributed by atoms with Gasteiger partial charge >= 0.3 is 0 Å². The lowest BCUT2D eigenvalue weighted by atomic mass is 9.84. The molecule has 0 saturated heterocycles. The molecule has 0 bridgehead atoms. The van der Waals surface area contributed by atoms with Crippen molar-refractivity contribution in [1.29, 1.82) is 0 Å². The van der Waals surface area contributed by atoms with Gasteiger partial charge in [0.1, 0.15) is 0 Å². The van der Waals surface area contributed by atoms with E-state index >= 15 is 0 Å². The number of hydrogen-bond acceptors (Lipinski definition) is 2. The van der Waals surface area contributed by atoms with Crippen LogP contribution in [0.2, 0.25) is 0 Å². The second-order valence-corrected chi connectivity index (χ2v) is 17.0. The van der Waals surface area contributed by atoms with Gasteiger partial charge in [0.05, 0.1) is 0 Å². The highest BCUT2D eigenvalue weighted by molar-refractivity contribution is 7.26. The van der Waals surface area contributed by atoms with E-state index in [9.17, 15) is 0 Å². The standard InChI is InChI=1S/C52H36S2/c1-3-10-39-31(2)53-49-30-45-37(28-46(39)49)24-26-47-52(45)44-25-23-36(29-48(44)54-47)33-17-20-34(21-18-33)50-40-13-6-8-15-42(40)51(43-16-9-7-14-41(43)50)38-22-19-32-11-4-5-12-35(32)27-38/h3-4,6-11,13-30H,5,12H2,1-2H3/b10-3-. The molecule has 2 aromatic heterocycles. The van der Waals surface area contributed by atoms with Crippen molar-refractivity contribution in [3.63, 3.8) is 0 Å². The van der Waals surface area contributed by atoms with E-state index in [4.69, 9.17) is 0 Å². The van der Waals surface area contributed by atoms with E-state index in [2.05, 4.69) is 172 Å². The Balaban J connectivity index is 1.02. The molecule has 11 rings (SSSR count). The molecule has 0 radical (unpaired) electrons. The van der Waals surface area contributed by atoms with Gasteiger partial charge in [-0.15, -0.1) is 22.7 Å². The van der Waals surface area contributed by atoms with Crippen LogP contribution in [0.15, 0.2) is 146 Å². The summed E-state index contributed by atoms with van der Waals surface area (Å²) in [6.45, 7) is 4.34. The molecule has 0 fully saturated rings. The maximum absolute atomic E-state index is 2.43. The lowest BCUT2D eigenvalue weighted by Gasteiger charge is -2.19. The minimum atomic E-state index is 1.10. The van der Waals surface area contributed by atoms with Crippen molar-refractivity contribution in [3.05, 3.63) is 167 Å². The fourth-order valence-electron chi connectivity index (χ4n) is 9.05. The van der Waals surface area contributed by atoms with Crippen LogP contribution in [0.5, 0.6) is 0 Å². The van der Waals surface area contributed by atoms with E-state index < -0.39 is 0 Å². The molecule has 0 saturated carbocycles. The summed E-state index contributed by atoms with van der Waals surface area (Å²) in [4.78, 5) is 1.38. The smallest absolute Gasteiger partial charge is 0.0361 e. The second kappa shape index (κ2) is 12.4. The molecule has 0 atom stereocenters. The van der Waals surface area contributed by atoms with Gasteiger partial charge in [0.2, 0.25) is 0 Å². The maximum Gasteiger partial charge on any atom is 0.0361 e. The van der Waals surface area contributed by atoms with E-state index in [0.717, 1.165) is 12.8 Å². The summed E-state index contributed by atoms with van der Waals surface area (Å²) in [6.07, 6.45) is 11.2. The van der Waals surface area contributed by atoms with Crippen LogP contribution < -0.4 is 0 Å². The van der Waals surface area contributed by atoms with Crippen LogP contribution in [-0.2, 0) is 6.42 Å². The molecule has 1 aliphatic carbocycles. The minimum Gasteiger partial charge on any atom is -0.140 e. The summed E-state index contributed by atoms with van der Waals surface area (Å²) in [5.74, 6) is 0. The van der Waals surface area contributed by atoms with Crippen molar-refractivity contribution in [3.8, 4) is 33.4 Å². The van der Waals surface area contributed by atoms with Gasteiger partial charge in [-0.1, -0.05) is 133 Å². The number of benzene rings is 8. The average molecular weight is 725 g/mol. The van der Waals surface area contributed by atoms with Crippen molar-refractivity contribution in [2.24, 2.45) is 0 Å². The van der Waals surface area contributed by atoms with Crippen molar-refractivity contribution in [2.45, 2.75) is 26.7 Å². The fraction of sp³-hybridized carbons (Fsp3) is 0.0769. The lowest BCUT2D eigenvalue weighted by Crippen LogP contribution is -1.96. The molecule has 0 spiro atoms. The Bertz CT molecular complexity index is 3160. The topological polar surface area (TPSA) is 0 Å². The third-order valence-electron chi connectivity index (χ3n) is 11.6. The predicted octanol–water partition coefficient (Wildman–Crippen LogP) is 16.0.